The monoisotopic (exact) mass is 466 g/mol. The highest BCUT2D eigenvalue weighted by Crippen LogP contribution is 2.17. The molecule has 0 amide bonds. The van der Waals surface area contributed by atoms with E-state index in [1.165, 1.54) is 141 Å². The molecule has 0 saturated carbocycles. The maximum Gasteiger partial charge on any atom is 0.305 e. The average Bonchev–Trinajstić information content (AvgIpc) is 2.81. The summed E-state index contributed by atoms with van der Waals surface area (Å²) in [6, 6.07) is 0. The smallest absolute Gasteiger partial charge is 0.305 e. The van der Waals surface area contributed by atoms with E-state index in [1.54, 1.807) is 0 Å². The number of carbonyl (C=O) groups excluding carboxylic acids is 1. The minimum atomic E-state index is 0.0234. The molecule has 0 rings (SSSR count). The van der Waals surface area contributed by atoms with Crippen molar-refractivity contribution < 1.29 is 9.53 Å². The van der Waals surface area contributed by atoms with Crippen LogP contribution in [0.4, 0.5) is 0 Å². The van der Waals surface area contributed by atoms with Gasteiger partial charge in [-0.25, -0.2) is 0 Å². The number of hydrogen-bond donors (Lipinski definition) is 0. The largest absolute Gasteiger partial charge is 0.466 e. The minimum absolute atomic E-state index is 0.0234. The van der Waals surface area contributed by atoms with Crippen LogP contribution in [0.2, 0.25) is 0 Å². The molecule has 1 unspecified atom stereocenters. The van der Waals surface area contributed by atoms with Crippen molar-refractivity contribution in [2.24, 2.45) is 5.92 Å². The van der Waals surface area contributed by atoms with Crippen LogP contribution in [-0.4, -0.2) is 12.6 Å². The first-order valence-corrected chi connectivity index (χ1v) is 15.4. The average molecular weight is 467 g/mol. The molecule has 0 heterocycles. The summed E-state index contributed by atoms with van der Waals surface area (Å²) in [5, 5.41) is 0. The zero-order valence-corrected chi connectivity index (χ0v) is 23.3. The van der Waals surface area contributed by atoms with E-state index in [9.17, 15) is 4.79 Å². The van der Waals surface area contributed by atoms with Gasteiger partial charge in [-0.1, -0.05) is 162 Å². The molecule has 0 N–H and O–H groups in total. The Hall–Kier alpha value is -0.530. The molecule has 0 aliphatic rings. The molecule has 198 valence electrons. The van der Waals surface area contributed by atoms with Gasteiger partial charge in [0.1, 0.15) is 0 Å². The fourth-order valence-electron chi connectivity index (χ4n) is 4.72. The van der Waals surface area contributed by atoms with Crippen molar-refractivity contribution in [3.63, 3.8) is 0 Å². The Morgan fingerprint density at radius 2 is 0.909 bits per heavy atom. The quantitative estimate of drug-likeness (QED) is 0.0888. The molecular weight excluding hydrogens is 404 g/mol. The summed E-state index contributed by atoms with van der Waals surface area (Å²) in [5.41, 5.74) is 0. The first-order chi connectivity index (χ1) is 16.2. The van der Waals surface area contributed by atoms with E-state index in [2.05, 4.69) is 20.8 Å². The van der Waals surface area contributed by atoms with Crippen molar-refractivity contribution in [2.75, 3.05) is 6.61 Å². The molecule has 0 aliphatic heterocycles. The van der Waals surface area contributed by atoms with Crippen LogP contribution in [0.15, 0.2) is 0 Å². The number of esters is 1. The first kappa shape index (κ1) is 32.5. The summed E-state index contributed by atoms with van der Waals surface area (Å²) >= 11 is 0. The second-order valence-electron chi connectivity index (χ2n) is 10.7. The first-order valence-electron chi connectivity index (χ1n) is 15.4. The van der Waals surface area contributed by atoms with E-state index in [0.717, 1.165) is 18.8 Å². The lowest BCUT2D eigenvalue weighted by molar-refractivity contribution is -0.143. The topological polar surface area (TPSA) is 26.3 Å². The Labute approximate surface area is 209 Å². The van der Waals surface area contributed by atoms with Crippen molar-refractivity contribution in [1.29, 1.82) is 0 Å². The minimum Gasteiger partial charge on any atom is -0.466 e. The molecule has 0 aromatic heterocycles. The molecule has 1 atom stereocenters. The fraction of sp³-hybridized carbons (Fsp3) is 0.968. The Bertz CT molecular complexity index is 379. The maximum absolute atomic E-state index is 11.9. The normalized spacial score (nSPS) is 12.2. The zero-order valence-electron chi connectivity index (χ0n) is 23.3. The van der Waals surface area contributed by atoms with Crippen LogP contribution >= 0.6 is 0 Å². The highest BCUT2D eigenvalue weighted by Gasteiger charge is 2.03. The SMILES string of the molecule is CCCCCCCCCCCCCCOC(=O)CCCCCCCCCCC(C)CCCC. The molecule has 0 fully saturated rings. The van der Waals surface area contributed by atoms with Crippen molar-refractivity contribution in [2.45, 2.75) is 181 Å². The van der Waals surface area contributed by atoms with Crippen molar-refractivity contribution in [3.05, 3.63) is 0 Å². The van der Waals surface area contributed by atoms with E-state index in [0.29, 0.717) is 13.0 Å². The second kappa shape index (κ2) is 27.7. The summed E-state index contributed by atoms with van der Waals surface area (Å²) in [5.74, 6) is 0.944. The number of unbranched alkanes of at least 4 members (excludes halogenated alkanes) is 19. The van der Waals surface area contributed by atoms with Gasteiger partial charge >= 0.3 is 5.97 Å². The van der Waals surface area contributed by atoms with E-state index < -0.39 is 0 Å². The van der Waals surface area contributed by atoms with E-state index in [-0.39, 0.29) is 5.97 Å². The van der Waals surface area contributed by atoms with E-state index in [1.807, 2.05) is 0 Å². The lowest BCUT2D eigenvalue weighted by Gasteiger charge is -2.10. The van der Waals surface area contributed by atoms with Gasteiger partial charge in [-0.15, -0.1) is 0 Å². The molecule has 0 spiro atoms. The number of hydrogen-bond acceptors (Lipinski definition) is 2. The molecule has 2 nitrogen and oxygen atoms in total. The van der Waals surface area contributed by atoms with Crippen LogP contribution in [-0.2, 0) is 9.53 Å². The number of carbonyl (C=O) groups is 1. The molecule has 0 aromatic rings. The Balaban J connectivity index is 3.19. The van der Waals surface area contributed by atoms with Gasteiger partial charge in [-0.3, -0.25) is 4.79 Å². The highest BCUT2D eigenvalue weighted by atomic mass is 16.5. The Morgan fingerprint density at radius 3 is 1.42 bits per heavy atom. The van der Waals surface area contributed by atoms with E-state index in [4.69, 9.17) is 4.74 Å². The fourth-order valence-corrected chi connectivity index (χ4v) is 4.72. The molecule has 0 aliphatic carbocycles. The van der Waals surface area contributed by atoms with Crippen LogP contribution in [0.3, 0.4) is 0 Å². The van der Waals surface area contributed by atoms with Crippen LogP contribution in [0.1, 0.15) is 181 Å². The van der Waals surface area contributed by atoms with Gasteiger partial charge in [0.25, 0.3) is 0 Å². The van der Waals surface area contributed by atoms with Crippen LogP contribution < -0.4 is 0 Å². The molecule has 33 heavy (non-hydrogen) atoms. The third kappa shape index (κ3) is 27.6. The third-order valence-electron chi connectivity index (χ3n) is 7.14. The lowest BCUT2D eigenvalue weighted by Crippen LogP contribution is -2.05. The summed E-state index contributed by atoms with van der Waals surface area (Å²) in [6.45, 7) is 7.62. The zero-order chi connectivity index (χ0) is 24.2. The summed E-state index contributed by atoms with van der Waals surface area (Å²) in [4.78, 5) is 11.9. The van der Waals surface area contributed by atoms with Gasteiger partial charge in [0, 0.05) is 6.42 Å². The Morgan fingerprint density at radius 1 is 0.515 bits per heavy atom. The highest BCUT2D eigenvalue weighted by molar-refractivity contribution is 5.69. The predicted molar refractivity (Wildman–Crippen MR) is 147 cm³/mol. The van der Waals surface area contributed by atoms with Crippen LogP contribution in [0.5, 0.6) is 0 Å². The number of rotatable bonds is 27. The molecule has 0 aromatic carbocycles. The van der Waals surface area contributed by atoms with E-state index >= 15 is 0 Å². The summed E-state index contributed by atoms with van der Waals surface area (Å²) in [6.07, 6.45) is 32.7. The molecule has 2 heteroatoms. The predicted octanol–water partition coefficient (Wildman–Crippen LogP) is 11.0. The Kier molecular flexibility index (Phi) is 27.3. The molecular formula is C31H62O2. The third-order valence-corrected chi connectivity index (χ3v) is 7.14. The van der Waals surface area contributed by atoms with Gasteiger partial charge in [-0.05, 0) is 18.8 Å². The standard InChI is InChI=1S/C31H62O2/c1-4-6-8-9-10-11-12-13-16-19-22-25-29-33-31(32)28-24-21-18-15-14-17-20-23-27-30(3)26-7-5-2/h30H,4-29H2,1-3H3. The van der Waals surface area contributed by atoms with Gasteiger partial charge in [0.2, 0.25) is 0 Å². The lowest BCUT2D eigenvalue weighted by atomic mass is 9.97. The van der Waals surface area contributed by atoms with Crippen molar-refractivity contribution in [1.82, 2.24) is 0 Å². The van der Waals surface area contributed by atoms with Gasteiger partial charge < -0.3 is 4.74 Å². The van der Waals surface area contributed by atoms with Crippen LogP contribution in [0.25, 0.3) is 0 Å². The maximum atomic E-state index is 11.9. The molecule has 0 saturated heterocycles. The molecule has 0 radical (unpaired) electrons. The summed E-state index contributed by atoms with van der Waals surface area (Å²) in [7, 11) is 0. The van der Waals surface area contributed by atoms with Crippen molar-refractivity contribution >= 4 is 5.97 Å². The second-order valence-corrected chi connectivity index (χ2v) is 10.7. The van der Waals surface area contributed by atoms with Crippen molar-refractivity contribution in [3.8, 4) is 0 Å². The van der Waals surface area contributed by atoms with Gasteiger partial charge in [0.05, 0.1) is 6.61 Å². The molecule has 0 bridgehead atoms. The summed E-state index contributed by atoms with van der Waals surface area (Å²) < 4.78 is 5.41. The van der Waals surface area contributed by atoms with Gasteiger partial charge in [-0.2, -0.15) is 0 Å². The van der Waals surface area contributed by atoms with Gasteiger partial charge in [0.15, 0.2) is 0 Å². The van der Waals surface area contributed by atoms with Crippen LogP contribution in [0, 0.1) is 5.92 Å². The number of ether oxygens (including phenoxy) is 1.